The van der Waals surface area contributed by atoms with Gasteiger partial charge in [-0.2, -0.15) is 0 Å². The van der Waals surface area contributed by atoms with E-state index in [4.69, 9.17) is 0 Å². The van der Waals surface area contributed by atoms with Gasteiger partial charge in [0.2, 0.25) is 5.82 Å². The molecule has 22 heavy (non-hydrogen) atoms. The lowest BCUT2D eigenvalue weighted by atomic mass is 10.3. The Morgan fingerprint density at radius 1 is 1.18 bits per heavy atom. The lowest BCUT2D eigenvalue weighted by molar-refractivity contribution is 0.101. The summed E-state index contributed by atoms with van der Waals surface area (Å²) < 4.78 is 15.8. The van der Waals surface area contributed by atoms with E-state index in [-0.39, 0.29) is 11.5 Å². The largest absolute Gasteiger partial charge is 0.317 e. The first kappa shape index (κ1) is 14.4. The van der Waals surface area contributed by atoms with Gasteiger partial charge in [-0.3, -0.25) is 4.79 Å². The molecule has 1 amide bonds. The highest BCUT2D eigenvalue weighted by Crippen LogP contribution is 2.19. The molecule has 3 rings (SSSR count). The fraction of sp³-hybridized carbons (Fsp3) is 0. The number of hydrogen-bond donors (Lipinski definition) is 1. The number of rotatable bonds is 3. The van der Waals surface area contributed by atoms with Crippen LogP contribution in [-0.4, -0.2) is 20.7 Å². The molecule has 3 aromatic rings. The summed E-state index contributed by atoms with van der Waals surface area (Å²) in [5.74, 6) is -1.15. The van der Waals surface area contributed by atoms with Crippen LogP contribution in [0, 0.1) is 5.82 Å². The van der Waals surface area contributed by atoms with Crippen molar-refractivity contribution in [2.24, 2.45) is 0 Å². The Hall–Kier alpha value is -2.54. The van der Waals surface area contributed by atoms with Crippen LogP contribution in [0.1, 0.15) is 10.6 Å². The monoisotopic (exact) mass is 360 g/mol. The minimum atomic E-state index is -0.573. The Kier molecular flexibility index (Phi) is 3.97. The van der Waals surface area contributed by atoms with Gasteiger partial charge >= 0.3 is 0 Å². The number of hydrogen-bond acceptors (Lipinski definition) is 3. The fourth-order valence-electron chi connectivity index (χ4n) is 1.84. The zero-order valence-electron chi connectivity index (χ0n) is 11.2. The number of amides is 1. The van der Waals surface area contributed by atoms with Crippen LogP contribution in [0.4, 0.5) is 10.1 Å². The fourth-order valence-corrected chi connectivity index (χ4v) is 2.17. The van der Waals surface area contributed by atoms with E-state index < -0.39 is 11.7 Å². The maximum Gasteiger partial charge on any atom is 0.295 e. The molecule has 0 saturated heterocycles. The van der Waals surface area contributed by atoms with Crippen molar-refractivity contribution in [3.63, 3.8) is 0 Å². The molecule has 0 fully saturated rings. The number of halogens is 2. The smallest absolute Gasteiger partial charge is 0.295 e. The molecule has 0 spiro atoms. The van der Waals surface area contributed by atoms with Crippen molar-refractivity contribution in [3.8, 4) is 5.69 Å². The molecule has 0 radical (unpaired) electrons. The number of nitrogens with one attached hydrogen (secondary N) is 1. The lowest BCUT2D eigenvalue weighted by Crippen LogP contribution is -2.15. The summed E-state index contributed by atoms with van der Waals surface area (Å²) in [6, 6.07) is 13.6. The summed E-state index contributed by atoms with van der Waals surface area (Å²) in [4.78, 5) is 16.0. The molecule has 1 aromatic heterocycles. The maximum atomic E-state index is 13.7. The summed E-state index contributed by atoms with van der Waals surface area (Å²) in [7, 11) is 0. The van der Waals surface area contributed by atoms with Crippen molar-refractivity contribution in [1.82, 2.24) is 14.8 Å². The van der Waals surface area contributed by atoms with Crippen molar-refractivity contribution < 1.29 is 9.18 Å². The summed E-state index contributed by atoms with van der Waals surface area (Å²) in [5.41, 5.74) is 0.855. The highest BCUT2D eigenvalue weighted by molar-refractivity contribution is 9.10. The van der Waals surface area contributed by atoms with Crippen LogP contribution in [0.25, 0.3) is 5.69 Å². The Labute approximate surface area is 133 Å². The molecule has 1 N–H and O–H groups in total. The third kappa shape index (κ3) is 3.04. The Bertz CT molecular complexity index is 819. The predicted molar refractivity (Wildman–Crippen MR) is 83.4 cm³/mol. The third-order valence-electron chi connectivity index (χ3n) is 2.90. The zero-order chi connectivity index (χ0) is 15.5. The van der Waals surface area contributed by atoms with Crippen molar-refractivity contribution in [2.75, 3.05) is 5.32 Å². The molecular formula is C15H10BrFN4O. The molecule has 0 bridgehead atoms. The lowest BCUT2D eigenvalue weighted by Gasteiger charge is -2.04. The van der Waals surface area contributed by atoms with Gasteiger partial charge in [0.15, 0.2) is 0 Å². The van der Waals surface area contributed by atoms with Crippen molar-refractivity contribution in [1.29, 1.82) is 0 Å². The first-order valence-corrected chi connectivity index (χ1v) is 7.16. The van der Waals surface area contributed by atoms with E-state index in [1.165, 1.54) is 23.1 Å². The van der Waals surface area contributed by atoms with Gasteiger partial charge in [-0.25, -0.2) is 14.1 Å². The molecule has 0 atom stereocenters. The number of anilines is 1. The number of para-hydroxylation sites is 1. The molecule has 5 nitrogen and oxygen atoms in total. The normalized spacial score (nSPS) is 10.5. The van der Waals surface area contributed by atoms with E-state index in [1.807, 2.05) is 30.3 Å². The van der Waals surface area contributed by atoms with Crippen LogP contribution in [0.2, 0.25) is 0 Å². The van der Waals surface area contributed by atoms with E-state index in [9.17, 15) is 9.18 Å². The summed E-state index contributed by atoms with van der Waals surface area (Å²) >= 11 is 3.16. The van der Waals surface area contributed by atoms with Gasteiger partial charge in [0.05, 0.1) is 11.4 Å². The first-order valence-electron chi connectivity index (χ1n) is 6.37. The van der Waals surface area contributed by atoms with Crippen LogP contribution in [0.15, 0.2) is 59.3 Å². The molecule has 0 aliphatic carbocycles. The molecule has 2 aromatic carbocycles. The highest BCUT2D eigenvalue weighted by atomic mass is 79.9. The van der Waals surface area contributed by atoms with E-state index in [0.717, 1.165) is 5.69 Å². The zero-order valence-corrected chi connectivity index (χ0v) is 12.8. The van der Waals surface area contributed by atoms with E-state index in [2.05, 4.69) is 31.3 Å². The third-order valence-corrected chi connectivity index (χ3v) is 3.39. The summed E-state index contributed by atoms with van der Waals surface area (Å²) in [5, 5.41) is 6.53. The molecule has 0 aliphatic heterocycles. The van der Waals surface area contributed by atoms with Crippen molar-refractivity contribution in [2.45, 2.75) is 0 Å². The topological polar surface area (TPSA) is 59.8 Å². The number of carbonyl (C=O) groups excluding carboxylic acids is 1. The molecule has 7 heteroatoms. The SMILES string of the molecule is O=C(Nc1ccc(Br)cc1F)c1ncn(-c2ccccc2)n1. The van der Waals surface area contributed by atoms with Gasteiger partial charge in [0.1, 0.15) is 12.1 Å². The second-order valence-electron chi connectivity index (χ2n) is 4.43. The number of carbonyl (C=O) groups is 1. The minimum absolute atomic E-state index is 0.0360. The van der Waals surface area contributed by atoms with E-state index in [1.54, 1.807) is 6.07 Å². The van der Waals surface area contributed by atoms with Gasteiger partial charge in [0, 0.05) is 4.47 Å². The highest BCUT2D eigenvalue weighted by Gasteiger charge is 2.14. The molecule has 0 unspecified atom stereocenters. The van der Waals surface area contributed by atoms with Crippen LogP contribution in [0.5, 0.6) is 0 Å². The molecular weight excluding hydrogens is 351 g/mol. The van der Waals surface area contributed by atoms with E-state index >= 15 is 0 Å². The number of aromatic nitrogens is 3. The van der Waals surface area contributed by atoms with Crippen molar-refractivity contribution >= 4 is 27.5 Å². The second-order valence-corrected chi connectivity index (χ2v) is 5.34. The predicted octanol–water partition coefficient (Wildman–Crippen LogP) is 3.42. The number of nitrogens with zero attached hydrogens (tertiary/aromatic N) is 3. The molecule has 0 saturated carbocycles. The van der Waals surface area contributed by atoms with E-state index in [0.29, 0.717) is 4.47 Å². The average Bonchev–Trinajstić information content (AvgIpc) is 3.01. The summed E-state index contributed by atoms with van der Waals surface area (Å²) in [6.07, 6.45) is 1.43. The number of benzene rings is 2. The Balaban J connectivity index is 1.80. The Morgan fingerprint density at radius 3 is 2.68 bits per heavy atom. The van der Waals surface area contributed by atoms with Crippen LogP contribution in [-0.2, 0) is 0 Å². The van der Waals surface area contributed by atoms with Gasteiger partial charge in [-0.1, -0.05) is 34.1 Å². The quantitative estimate of drug-likeness (QED) is 0.778. The summed E-state index contributed by atoms with van der Waals surface area (Å²) in [6.45, 7) is 0. The van der Waals surface area contributed by atoms with Gasteiger partial charge in [-0.05, 0) is 30.3 Å². The minimum Gasteiger partial charge on any atom is -0.317 e. The average molecular weight is 361 g/mol. The molecule has 110 valence electrons. The molecule has 0 aliphatic rings. The maximum absolute atomic E-state index is 13.7. The van der Waals surface area contributed by atoms with Gasteiger partial charge in [0.25, 0.3) is 5.91 Å². The van der Waals surface area contributed by atoms with Crippen LogP contribution in [0.3, 0.4) is 0 Å². The van der Waals surface area contributed by atoms with Crippen LogP contribution >= 0.6 is 15.9 Å². The van der Waals surface area contributed by atoms with Gasteiger partial charge < -0.3 is 5.32 Å². The van der Waals surface area contributed by atoms with Gasteiger partial charge in [-0.15, -0.1) is 5.10 Å². The van der Waals surface area contributed by atoms with Crippen LogP contribution < -0.4 is 5.32 Å². The first-order chi connectivity index (χ1) is 10.6. The second kappa shape index (κ2) is 6.07. The van der Waals surface area contributed by atoms with Crippen molar-refractivity contribution in [3.05, 3.63) is 71.0 Å². The Morgan fingerprint density at radius 2 is 1.95 bits per heavy atom. The molecule has 1 heterocycles. The standard InChI is InChI=1S/C15H10BrFN4O/c16-10-6-7-13(12(17)8-10)19-15(22)14-18-9-21(20-14)11-4-2-1-3-5-11/h1-9H,(H,19,22).